The van der Waals surface area contributed by atoms with Crippen LogP contribution in [0.4, 0.5) is 0 Å². The predicted molar refractivity (Wildman–Crippen MR) is 62.5 cm³/mol. The van der Waals surface area contributed by atoms with Crippen LogP contribution in [0.2, 0.25) is 5.02 Å². The largest absolute Gasteiger partial charge is 0.493 e. The summed E-state index contributed by atoms with van der Waals surface area (Å²) in [6, 6.07) is 5.53. The Bertz CT molecular complexity index is 508. The number of nitrogens with zero attached hydrogens (tertiary/aromatic N) is 1. The minimum Gasteiger partial charge on any atom is -0.493 e. The Hall–Kier alpha value is -1.28. The second-order valence-corrected chi connectivity index (χ2v) is 4.29. The fourth-order valence-corrected chi connectivity index (χ4v) is 1.93. The van der Waals surface area contributed by atoms with Crippen molar-refractivity contribution in [3.05, 3.63) is 35.0 Å². The van der Waals surface area contributed by atoms with Crippen LogP contribution in [0, 0.1) is 0 Å². The van der Waals surface area contributed by atoms with Gasteiger partial charge in [0, 0.05) is 22.7 Å². The maximum atomic E-state index is 9.37. The van der Waals surface area contributed by atoms with Gasteiger partial charge in [-0.15, -0.1) is 0 Å². The highest BCUT2D eigenvalue weighted by Crippen LogP contribution is 2.31. The van der Waals surface area contributed by atoms with Gasteiger partial charge in [0.1, 0.15) is 0 Å². The first-order chi connectivity index (χ1) is 7.09. The minimum atomic E-state index is 0.0340. The van der Waals surface area contributed by atoms with Crippen molar-refractivity contribution < 1.29 is 5.11 Å². The Morgan fingerprint density at radius 3 is 2.67 bits per heavy atom. The Labute approximate surface area is 93.5 Å². The van der Waals surface area contributed by atoms with Crippen LogP contribution in [0.3, 0.4) is 0 Å². The molecule has 3 heteroatoms. The van der Waals surface area contributed by atoms with E-state index in [0.717, 1.165) is 10.8 Å². The highest BCUT2D eigenvalue weighted by Gasteiger charge is 2.08. The fraction of sp³-hybridized carbons (Fsp3) is 0.250. The van der Waals surface area contributed by atoms with Gasteiger partial charge in [0.15, 0.2) is 0 Å². The third kappa shape index (κ3) is 1.77. The summed E-state index contributed by atoms with van der Waals surface area (Å²) in [5.41, 5.74) is 1.17. The van der Waals surface area contributed by atoms with Gasteiger partial charge in [-0.2, -0.15) is 0 Å². The van der Waals surface area contributed by atoms with E-state index in [0.29, 0.717) is 10.9 Å². The molecule has 2 nitrogen and oxygen atoms in total. The van der Waals surface area contributed by atoms with E-state index in [1.54, 1.807) is 12.3 Å². The average molecular weight is 222 g/mol. The van der Waals surface area contributed by atoms with E-state index in [-0.39, 0.29) is 5.88 Å². The van der Waals surface area contributed by atoms with Crippen LogP contribution in [0.5, 0.6) is 5.88 Å². The monoisotopic (exact) mass is 221 g/mol. The van der Waals surface area contributed by atoms with Crippen molar-refractivity contribution in [1.82, 2.24) is 4.98 Å². The molecule has 0 aliphatic carbocycles. The number of benzene rings is 1. The number of hydrogen-bond acceptors (Lipinski definition) is 2. The average Bonchev–Trinajstić information content (AvgIpc) is 2.17. The van der Waals surface area contributed by atoms with Crippen molar-refractivity contribution in [2.75, 3.05) is 0 Å². The molecule has 1 aromatic heterocycles. The van der Waals surface area contributed by atoms with Crippen LogP contribution in [0.1, 0.15) is 25.3 Å². The van der Waals surface area contributed by atoms with E-state index >= 15 is 0 Å². The van der Waals surface area contributed by atoms with Gasteiger partial charge < -0.3 is 5.11 Å². The van der Waals surface area contributed by atoms with Crippen LogP contribution >= 0.6 is 11.6 Å². The van der Waals surface area contributed by atoms with Crippen molar-refractivity contribution in [3.8, 4) is 5.88 Å². The molecule has 0 atom stereocenters. The summed E-state index contributed by atoms with van der Waals surface area (Å²) in [7, 11) is 0. The molecule has 0 bridgehead atoms. The topological polar surface area (TPSA) is 33.1 Å². The first-order valence-electron chi connectivity index (χ1n) is 4.86. The van der Waals surface area contributed by atoms with Gasteiger partial charge in [-0.3, -0.25) is 0 Å². The van der Waals surface area contributed by atoms with Gasteiger partial charge >= 0.3 is 0 Å². The molecule has 0 unspecified atom stereocenters. The quantitative estimate of drug-likeness (QED) is 0.796. The summed E-state index contributed by atoms with van der Waals surface area (Å²) in [6.45, 7) is 4.22. The zero-order chi connectivity index (χ0) is 11.0. The summed E-state index contributed by atoms with van der Waals surface area (Å²) in [6.07, 6.45) is 1.61. The molecule has 0 aliphatic rings. The molecule has 0 spiro atoms. The Balaban J connectivity index is 2.84. The summed E-state index contributed by atoms with van der Waals surface area (Å²) < 4.78 is 0. The van der Waals surface area contributed by atoms with Crippen molar-refractivity contribution in [3.63, 3.8) is 0 Å². The number of pyridine rings is 1. The van der Waals surface area contributed by atoms with Crippen LogP contribution in [-0.2, 0) is 0 Å². The molecule has 0 saturated carbocycles. The van der Waals surface area contributed by atoms with Gasteiger partial charge in [-0.25, -0.2) is 4.98 Å². The lowest BCUT2D eigenvalue weighted by atomic mass is 9.97. The second-order valence-electron chi connectivity index (χ2n) is 3.88. The Kier molecular flexibility index (Phi) is 2.53. The highest BCUT2D eigenvalue weighted by atomic mass is 35.5. The molecule has 1 heterocycles. The van der Waals surface area contributed by atoms with Crippen LogP contribution < -0.4 is 0 Å². The molecule has 0 radical (unpaired) electrons. The van der Waals surface area contributed by atoms with E-state index in [1.165, 1.54) is 5.56 Å². The highest BCUT2D eigenvalue weighted by molar-refractivity contribution is 6.35. The van der Waals surface area contributed by atoms with E-state index in [2.05, 4.69) is 18.8 Å². The minimum absolute atomic E-state index is 0.0340. The van der Waals surface area contributed by atoms with E-state index in [4.69, 9.17) is 11.6 Å². The van der Waals surface area contributed by atoms with Crippen LogP contribution in [-0.4, -0.2) is 10.1 Å². The zero-order valence-corrected chi connectivity index (χ0v) is 9.42. The first-order valence-corrected chi connectivity index (χ1v) is 5.24. The van der Waals surface area contributed by atoms with Gasteiger partial charge in [-0.05, 0) is 22.9 Å². The SMILES string of the molecule is CC(C)c1ccc(Cl)c2cnc(O)cc12. The van der Waals surface area contributed by atoms with Crippen molar-refractivity contribution in [2.45, 2.75) is 19.8 Å². The zero-order valence-electron chi connectivity index (χ0n) is 8.66. The van der Waals surface area contributed by atoms with Gasteiger partial charge in [0.05, 0.1) is 0 Å². The summed E-state index contributed by atoms with van der Waals surface area (Å²) in [5.74, 6) is 0.429. The lowest BCUT2D eigenvalue weighted by Crippen LogP contribution is -1.90. The molecular weight excluding hydrogens is 210 g/mol. The smallest absolute Gasteiger partial charge is 0.211 e. The van der Waals surface area contributed by atoms with Gasteiger partial charge in [-0.1, -0.05) is 31.5 Å². The van der Waals surface area contributed by atoms with Gasteiger partial charge in [0.25, 0.3) is 0 Å². The maximum Gasteiger partial charge on any atom is 0.211 e. The maximum absolute atomic E-state index is 9.37. The van der Waals surface area contributed by atoms with Crippen LogP contribution in [0.25, 0.3) is 10.8 Å². The molecule has 0 saturated heterocycles. The number of halogens is 1. The molecule has 0 fully saturated rings. The Morgan fingerprint density at radius 2 is 2.00 bits per heavy atom. The van der Waals surface area contributed by atoms with Crippen molar-refractivity contribution in [2.24, 2.45) is 0 Å². The van der Waals surface area contributed by atoms with E-state index in [9.17, 15) is 5.11 Å². The standard InChI is InChI=1S/C12H12ClNO/c1-7(2)8-3-4-11(13)10-6-14-12(15)5-9(8)10/h3-7H,1-2H3,(H,14,15). The van der Waals surface area contributed by atoms with Crippen molar-refractivity contribution >= 4 is 22.4 Å². The fourth-order valence-electron chi connectivity index (χ4n) is 1.72. The lowest BCUT2D eigenvalue weighted by molar-refractivity contribution is 0.454. The molecule has 1 N–H and O–H groups in total. The number of fused-ring (bicyclic) bond motifs is 1. The van der Waals surface area contributed by atoms with E-state index < -0.39 is 0 Å². The summed E-state index contributed by atoms with van der Waals surface area (Å²) >= 11 is 6.06. The molecule has 1 aromatic carbocycles. The summed E-state index contributed by atoms with van der Waals surface area (Å²) in [4.78, 5) is 3.84. The van der Waals surface area contributed by atoms with Crippen LogP contribution in [0.15, 0.2) is 24.4 Å². The number of rotatable bonds is 1. The number of hydrogen-bond donors (Lipinski definition) is 1. The number of aromatic hydroxyl groups is 1. The van der Waals surface area contributed by atoms with Crippen molar-refractivity contribution in [1.29, 1.82) is 0 Å². The number of aromatic nitrogens is 1. The molecule has 15 heavy (non-hydrogen) atoms. The predicted octanol–water partition coefficient (Wildman–Crippen LogP) is 3.72. The summed E-state index contributed by atoms with van der Waals surface area (Å²) in [5, 5.41) is 11.9. The second kappa shape index (κ2) is 3.70. The van der Waals surface area contributed by atoms with E-state index in [1.807, 2.05) is 12.1 Å². The third-order valence-corrected chi connectivity index (χ3v) is 2.82. The molecule has 0 aliphatic heterocycles. The molecule has 0 amide bonds. The first kappa shape index (κ1) is 10.2. The van der Waals surface area contributed by atoms with Gasteiger partial charge in [0.2, 0.25) is 5.88 Å². The lowest BCUT2D eigenvalue weighted by Gasteiger charge is -2.10. The molecule has 78 valence electrons. The third-order valence-electron chi connectivity index (χ3n) is 2.49. The molecular formula is C12H12ClNO. The molecule has 2 rings (SSSR count). The Morgan fingerprint density at radius 1 is 1.27 bits per heavy atom. The normalized spacial score (nSPS) is 11.2. The molecule has 2 aromatic rings.